The highest BCUT2D eigenvalue weighted by molar-refractivity contribution is 8.00. The van der Waals surface area contributed by atoms with Crippen LogP contribution in [0.15, 0.2) is 0 Å². The Kier molecular flexibility index (Phi) is 20.0. The van der Waals surface area contributed by atoms with E-state index in [0.29, 0.717) is 43.9 Å². The van der Waals surface area contributed by atoms with Crippen molar-refractivity contribution in [3.8, 4) is 0 Å². The number of fused-ring (bicyclic) bond motifs is 1. The zero-order chi connectivity index (χ0) is 41.1. The molecule has 2 fully saturated rings. The van der Waals surface area contributed by atoms with Gasteiger partial charge in [-0.3, -0.25) is 38.4 Å². The van der Waals surface area contributed by atoms with Crippen LogP contribution in [-0.4, -0.2) is 129 Å². The number of carbonyl (C=O) groups is 10. The van der Waals surface area contributed by atoms with Gasteiger partial charge in [-0.1, -0.05) is 26.7 Å². The number of aldehydes is 1. The molecule has 55 heavy (non-hydrogen) atoms. The second-order valence-corrected chi connectivity index (χ2v) is 15.1. The van der Waals surface area contributed by atoms with Gasteiger partial charge in [-0.05, 0) is 38.0 Å². The number of urea groups is 1. The molecule has 0 spiro atoms. The van der Waals surface area contributed by atoms with Gasteiger partial charge in [0.2, 0.25) is 29.5 Å². The molecular formula is C34H53N7O13S. The first kappa shape index (κ1) is 46.2. The smallest absolute Gasteiger partial charge is 0.315 e. The summed E-state index contributed by atoms with van der Waals surface area (Å²) in [6.07, 6.45) is 1.78. The van der Waals surface area contributed by atoms with Crippen LogP contribution in [-0.2, 0) is 43.2 Å². The zero-order valence-corrected chi connectivity index (χ0v) is 31.7. The third-order valence-corrected chi connectivity index (χ3v) is 10.4. The Morgan fingerprint density at radius 3 is 2.04 bits per heavy atom. The largest absolute Gasteiger partial charge is 0.481 e. The predicted octanol–water partition coefficient (Wildman–Crippen LogP) is -1.00. The molecule has 2 rings (SSSR count). The van der Waals surface area contributed by atoms with Crippen LogP contribution in [0.4, 0.5) is 4.79 Å². The van der Waals surface area contributed by atoms with E-state index in [9.17, 15) is 58.2 Å². The van der Waals surface area contributed by atoms with Crippen molar-refractivity contribution in [1.82, 2.24) is 37.2 Å². The van der Waals surface area contributed by atoms with Gasteiger partial charge in [0.15, 0.2) is 0 Å². The van der Waals surface area contributed by atoms with E-state index in [2.05, 4.69) is 37.2 Å². The fourth-order valence-corrected chi connectivity index (χ4v) is 7.56. The maximum Gasteiger partial charge on any atom is 0.315 e. The fourth-order valence-electron chi connectivity index (χ4n) is 6.02. The number of rotatable bonds is 27. The molecule has 7 atom stereocenters. The Morgan fingerprint density at radius 2 is 1.40 bits per heavy atom. The summed E-state index contributed by atoms with van der Waals surface area (Å²) in [4.78, 5) is 121. The highest BCUT2D eigenvalue weighted by Gasteiger charge is 2.42. The normalized spacial score (nSPS) is 19.3. The van der Waals surface area contributed by atoms with Crippen molar-refractivity contribution in [3.05, 3.63) is 0 Å². The van der Waals surface area contributed by atoms with Gasteiger partial charge >= 0.3 is 23.9 Å². The second kappa shape index (κ2) is 23.8. The van der Waals surface area contributed by atoms with Crippen molar-refractivity contribution in [1.29, 1.82) is 0 Å². The van der Waals surface area contributed by atoms with Crippen LogP contribution in [0.3, 0.4) is 0 Å². The van der Waals surface area contributed by atoms with Gasteiger partial charge in [0.25, 0.3) is 0 Å². The van der Waals surface area contributed by atoms with Gasteiger partial charge in [-0.25, -0.2) is 4.79 Å². The molecule has 10 N–H and O–H groups in total. The number of carboxylic acids is 3. The number of carbonyl (C=O) groups excluding carboxylic acids is 7. The monoisotopic (exact) mass is 799 g/mol. The molecule has 0 bridgehead atoms. The number of hydrogen-bond donors (Lipinski definition) is 10. The SMILES string of the molecule is CC(C)[C@H](NC(=O)[C@H](CCC(=O)O)NC(=O)[C@H](CC(=O)O)NC(=O)CCCCCNC(=O)CCCCC1SC[C@@H]2NC(=O)N[C@H]12)C(=O)N[C@H](C=O)CC(=O)O. The van der Waals surface area contributed by atoms with Crippen molar-refractivity contribution < 1.29 is 63.3 Å². The quantitative estimate of drug-likeness (QED) is 0.0271. The van der Waals surface area contributed by atoms with Gasteiger partial charge in [0.05, 0.1) is 31.0 Å². The summed E-state index contributed by atoms with van der Waals surface area (Å²) >= 11 is 1.82. The molecule has 20 nitrogen and oxygen atoms in total. The van der Waals surface area contributed by atoms with E-state index in [1.165, 1.54) is 13.8 Å². The molecule has 0 saturated carbocycles. The topological polar surface area (TPSA) is 316 Å². The molecule has 1 unspecified atom stereocenters. The molecule has 0 radical (unpaired) electrons. The molecule has 2 aliphatic heterocycles. The summed E-state index contributed by atoms with van der Waals surface area (Å²) in [5.41, 5.74) is 0. The Balaban J connectivity index is 1.81. The molecule has 2 heterocycles. The maximum absolute atomic E-state index is 13.2. The number of hydrogen-bond acceptors (Lipinski definition) is 11. The van der Waals surface area contributed by atoms with Crippen LogP contribution in [0, 0.1) is 5.92 Å². The molecule has 0 aromatic carbocycles. The molecule has 0 aliphatic carbocycles. The highest BCUT2D eigenvalue weighted by Crippen LogP contribution is 2.33. The summed E-state index contributed by atoms with van der Waals surface area (Å²) in [5, 5.41) is 45.7. The van der Waals surface area contributed by atoms with Crippen LogP contribution in [0.1, 0.15) is 90.9 Å². The summed E-state index contributed by atoms with van der Waals surface area (Å²) in [6, 6.07) is -5.81. The van der Waals surface area contributed by atoms with E-state index in [-0.39, 0.29) is 36.7 Å². The third-order valence-electron chi connectivity index (χ3n) is 8.93. The molecule has 7 amide bonds. The van der Waals surface area contributed by atoms with Gasteiger partial charge in [-0.2, -0.15) is 11.8 Å². The molecule has 308 valence electrons. The van der Waals surface area contributed by atoms with Gasteiger partial charge in [0.1, 0.15) is 24.4 Å². The van der Waals surface area contributed by atoms with E-state index < -0.39 is 97.3 Å². The molecule has 2 saturated heterocycles. The van der Waals surface area contributed by atoms with Crippen molar-refractivity contribution in [2.45, 2.75) is 132 Å². The van der Waals surface area contributed by atoms with Crippen LogP contribution in [0.2, 0.25) is 0 Å². The molecule has 2 aliphatic rings. The summed E-state index contributed by atoms with van der Waals surface area (Å²) in [7, 11) is 0. The minimum Gasteiger partial charge on any atom is -0.481 e. The summed E-state index contributed by atoms with van der Waals surface area (Å²) < 4.78 is 0. The van der Waals surface area contributed by atoms with Crippen molar-refractivity contribution in [3.63, 3.8) is 0 Å². The van der Waals surface area contributed by atoms with Crippen LogP contribution >= 0.6 is 11.8 Å². The number of unbranched alkanes of at least 4 members (excludes halogenated alkanes) is 3. The van der Waals surface area contributed by atoms with Gasteiger partial charge in [0, 0.05) is 36.8 Å². The number of thioether (sulfide) groups is 1. The van der Waals surface area contributed by atoms with Crippen molar-refractivity contribution in [2.75, 3.05) is 12.3 Å². The first-order valence-electron chi connectivity index (χ1n) is 18.3. The Bertz CT molecular complexity index is 1410. The first-order valence-corrected chi connectivity index (χ1v) is 19.3. The van der Waals surface area contributed by atoms with Gasteiger partial charge < -0.3 is 57.3 Å². The molecular weight excluding hydrogens is 746 g/mol. The predicted molar refractivity (Wildman–Crippen MR) is 195 cm³/mol. The lowest BCUT2D eigenvalue weighted by Crippen LogP contribution is -2.58. The third kappa shape index (κ3) is 17.4. The fraction of sp³-hybridized carbons (Fsp3) is 0.706. The van der Waals surface area contributed by atoms with Crippen LogP contribution in [0.25, 0.3) is 0 Å². The minimum absolute atomic E-state index is 0.0773. The van der Waals surface area contributed by atoms with E-state index in [4.69, 9.17) is 5.11 Å². The number of carboxylic acid groups (broad SMARTS) is 3. The Morgan fingerprint density at radius 1 is 0.745 bits per heavy atom. The maximum atomic E-state index is 13.2. The van der Waals surface area contributed by atoms with E-state index in [1.807, 2.05) is 11.8 Å². The number of amides is 7. The summed E-state index contributed by atoms with van der Waals surface area (Å²) in [5.74, 6) is -7.64. The Labute approximate surface area is 322 Å². The van der Waals surface area contributed by atoms with Crippen LogP contribution in [0.5, 0.6) is 0 Å². The second-order valence-electron chi connectivity index (χ2n) is 13.8. The molecule has 0 aromatic rings. The van der Waals surface area contributed by atoms with Crippen molar-refractivity contribution in [2.24, 2.45) is 5.92 Å². The lowest BCUT2D eigenvalue weighted by atomic mass is 10.0. The van der Waals surface area contributed by atoms with E-state index in [0.717, 1.165) is 18.6 Å². The first-order chi connectivity index (χ1) is 26.0. The minimum atomic E-state index is -1.64. The lowest BCUT2D eigenvalue weighted by molar-refractivity contribution is -0.141. The zero-order valence-electron chi connectivity index (χ0n) is 30.9. The number of aliphatic carboxylic acids is 3. The average molecular weight is 800 g/mol. The van der Waals surface area contributed by atoms with E-state index >= 15 is 0 Å². The molecule has 0 aromatic heterocycles. The average Bonchev–Trinajstić information content (AvgIpc) is 3.66. The standard InChI is InChI=1S/C34H53N7O13S/c1-18(2)29(33(53)36-19(16-42)14-27(47)48)40-31(51)20(11-12-26(45)46)38-32(52)21(15-28(49)50)37-25(44)10-4-3-7-13-35-24(43)9-6-5-8-23-30-22(17-55-23)39-34(54)41-30/h16,18-23,29-30H,3-15,17H2,1-2H3,(H,35,43)(H,36,53)(H,37,44)(H,38,52)(H,40,51)(H,45,46)(H,47,48)(H,49,50)(H2,39,41,54)/t19-,20-,21-,22-,23?,29-,30-/m0/s1. The Hall–Kier alpha value is -4.95. The van der Waals surface area contributed by atoms with Crippen molar-refractivity contribution >= 4 is 71.5 Å². The lowest BCUT2D eigenvalue weighted by Gasteiger charge is -2.27. The number of nitrogens with one attached hydrogen (secondary N) is 7. The van der Waals surface area contributed by atoms with Crippen LogP contribution < -0.4 is 37.2 Å². The summed E-state index contributed by atoms with van der Waals surface area (Å²) in [6.45, 7) is 3.45. The van der Waals surface area contributed by atoms with Gasteiger partial charge in [-0.15, -0.1) is 0 Å². The molecule has 21 heteroatoms. The highest BCUT2D eigenvalue weighted by atomic mass is 32.2. The van der Waals surface area contributed by atoms with E-state index in [1.54, 1.807) is 0 Å².